The largest absolute Gasteiger partial charge is 0.507 e. The number of hydrogen-bond acceptors (Lipinski definition) is 3. The van der Waals surface area contributed by atoms with Crippen molar-refractivity contribution in [2.45, 2.75) is 13.8 Å². The van der Waals surface area contributed by atoms with E-state index in [2.05, 4.69) is 0 Å². The van der Waals surface area contributed by atoms with E-state index in [0.717, 1.165) is 0 Å². The van der Waals surface area contributed by atoms with Gasteiger partial charge in [0.15, 0.2) is 5.78 Å². The molecule has 0 heterocycles. The molecule has 3 nitrogen and oxygen atoms in total. The number of hydrogen-bond donors (Lipinski definition) is 2. The Morgan fingerprint density at radius 3 is 2.50 bits per heavy atom. The zero-order valence-electron chi connectivity index (χ0n) is 8.45. The second-order valence-corrected chi connectivity index (χ2v) is 3.93. The molecule has 0 saturated carbocycles. The molecule has 3 N–H and O–H groups in total. The Morgan fingerprint density at radius 2 is 2.00 bits per heavy atom. The third-order valence-corrected chi connectivity index (χ3v) is 2.27. The SMILES string of the molecule is CC(C)(CN)C(=O)c1ccccc1O. The van der Waals surface area contributed by atoms with Crippen molar-refractivity contribution in [3.05, 3.63) is 29.8 Å². The average Bonchev–Trinajstić information content (AvgIpc) is 2.17. The Labute approximate surface area is 83.6 Å². The molecule has 0 saturated heterocycles. The van der Waals surface area contributed by atoms with Crippen molar-refractivity contribution in [1.29, 1.82) is 0 Å². The summed E-state index contributed by atoms with van der Waals surface area (Å²) in [4.78, 5) is 11.9. The van der Waals surface area contributed by atoms with E-state index in [-0.39, 0.29) is 18.1 Å². The maximum absolute atomic E-state index is 11.9. The summed E-state index contributed by atoms with van der Waals surface area (Å²) in [7, 11) is 0. The third-order valence-electron chi connectivity index (χ3n) is 2.27. The van der Waals surface area contributed by atoms with Gasteiger partial charge in [-0.3, -0.25) is 4.79 Å². The van der Waals surface area contributed by atoms with Crippen molar-refractivity contribution in [3.63, 3.8) is 0 Å². The minimum atomic E-state index is -0.626. The third kappa shape index (κ3) is 1.93. The van der Waals surface area contributed by atoms with E-state index in [1.807, 2.05) is 0 Å². The zero-order valence-corrected chi connectivity index (χ0v) is 8.45. The predicted octanol–water partition coefficient (Wildman–Crippen LogP) is 1.56. The van der Waals surface area contributed by atoms with Crippen molar-refractivity contribution < 1.29 is 9.90 Å². The number of carbonyl (C=O) groups is 1. The first-order valence-corrected chi connectivity index (χ1v) is 4.52. The van der Waals surface area contributed by atoms with Gasteiger partial charge in [-0.1, -0.05) is 26.0 Å². The van der Waals surface area contributed by atoms with E-state index in [1.165, 1.54) is 6.07 Å². The fraction of sp³-hybridized carbons (Fsp3) is 0.364. The Bertz CT molecular complexity index is 345. The number of nitrogens with two attached hydrogens (primary N) is 1. The van der Waals surface area contributed by atoms with Crippen LogP contribution in [-0.2, 0) is 0 Å². The van der Waals surface area contributed by atoms with Crippen molar-refractivity contribution in [2.24, 2.45) is 11.1 Å². The maximum atomic E-state index is 11.9. The molecule has 0 aromatic heterocycles. The average molecular weight is 193 g/mol. The zero-order chi connectivity index (χ0) is 10.8. The van der Waals surface area contributed by atoms with Gasteiger partial charge in [0.25, 0.3) is 0 Å². The van der Waals surface area contributed by atoms with Crippen molar-refractivity contribution >= 4 is 5.78 Å². The lowest BCUT2D eigenvalue weighted by Gasteiger charge is -2.20. The van der Waals surface area contributed by atoms with E-state index in [9.17, 15) is 9.90 Å². The summed E-state index contributed by atoms with van der Waals surface area (Å²) >= 11 is 0. The van der Waals surface area contributed by atoms with Gasteiger partial charge in [-0.05, 0) is 12.1 Å². The van der Waals surface area contributed by atoms with Gasteiger partial charge in [0.1, 0.15) is 5.75 Å². The van der Waals surface area contributed by atoms with Crippen LogP contribution in [0.4, 0.5) is 0 Å². The monoisotopic (exact) mass is 193 g/mol. The van der Waals surface area contributed by atoms with Crippen LogP contribution in [0.2, 0.25) is 0 Å². The summed E-state index contributed by atoms with van der Waals surface area (Å²) in [6.07, 6.45) is 0. The molecule has 0 fully saturated rings. The van der Waals surface area contributed by atoms with E-state index in [0.29, 0.717) is 5.56 Å². The van der Waals surface area contributed by atoms with Gasteiger partial charge in [0, 0.05) is 12.0 Å². The van der Waals surface area contributed by atoms with E-state index in [4.69, 9.17) is 5.73 Å². The molecular weight excluding hydrogens is 178 g/mol. The highest BCUT2D eigenvalue weighted by Gasteiger charge is 2.28. The molecule has 3 heteroatoms. The smallest absolute Gasteiger partial charge is 0.173 e. The quantitative estimate of drug-likeness (QED) is 0.716. The molecule has 1 rings (SSSR count). The van der Waals surface area contributed by atoms with Gasteiger partial charge in [-0.15, -0.1) is 0 Å². The molecule has 0 aliphatic carbocycles. The van der Waals surface area contributed by atoms with Crippen LogP contribution in [-0.4, -0.2) is 17.4 Å². The highest BCUT2D eigenvalue weighted by atomic mass is 16.3. The van der Waals surface area contributed by atoms with E-state index < -0.39 is 5.41 Å². The normalized spacial score (nSPS) is 11.4. The van der Waals surface area contributed by atoms with Crippen LogP contribution < -0.4 is 5.73 Å². The number of para-hydroxylation sites is 1. The summed E-state index contributed by atoms with van der Waals surface area (Å²) in [5, 5.41) is 9.48. The number of Topliss-reactive ketones (excluding diaryl/α,β-unsaturated/α-hetero) is 1. The lowest BCUT2D eigenvalue weighted by atomic mass is 9.84. The molecule has 1 aromatic rings. The fourth-order valence-electron chi connectivity index (χ4n) is 1.12. The van der Waals surface area contributed by atoms with Gasteiger partial charge < -0.3 is 10.8 Å². The number of rotatable bonds is 3. The molecule has 14 heavy (non-hydrogen) atoms. The Hall–Kier alpha value is -1.35. The fourth-order valence-corrected chi connectivity index (χ4v) is 1.12. The standard InChI is InChI=1S/C11H15NO2/c1-11(2,7-12)10(14)8-5-3-4-6-9(8)13/h3-6,13H,7,12H2,1-2H3. The maximum Gasteiger partial charge on any atom is 0.173 e. The summed E-state index contributed by atoms with van der Waals surface area (Å²) in [6, 6.07) is 6.51. The van der Waals surface area contributed by atoms with E-state index in [1.54, 1.807) is 32.0 Å². The van der Waals surface area contributed by atoms with Crippen LogP contribution in [0.5, 0.6) is 5.75 Å². The lowest BCUT2D eigenvalue weighted by molar-refractivity contribution is 0.0844. The van der Waals surface area contributed by atoms with Gasteiger partial charge >= 0.3 is 0 Å². The molecule has 76 valence electrons. The molecule has 0 aliphatic heterocycles. The van der Waals surface area contributed by atoms with Crippen LogP contribution >= 0.6 is 0 Å². The molecule has 0 radical (unpaired) electrons. The molecule has 0 spiro atoms. The summed E-state index contributed by atoms with van der Waals surface area (Å²) < 4.78 is 0. The summed E-state index contributed by atoms with van der Waals surface area (Å²) in [6.45, 7) is 3.80. The molecule has 0 unspecified atom stereocenters. The lowest BCUT2D eigenvalue weighted by Crippen LogP contribution is -2.32. The van der Waals surface area contributed by atoms with Gasteiger partial charge in [-0.2, -0.15) is 0 Å². The first-order chi connectivity index (χ1) is 6.49. The van der Waals surface area contributed by atoms with Crippen molar-refractivity contribution in [1.82, 2.24) is 0 Å². The predicted molar refractivity (Wildman–Crippen MR) is 55.3 cm³/mol. The van der Waals surface area contributed by atoms with Crippen LogP contribution in [0.1, 0.15) is 24.2 Å². The van der Waals surface area contributed by atoms with E-state index >= 15 is 0 Å². The number of phenolic OH excluding ortho intramolecular Hbond substituents is 1. The second kappa shape index (κ2) is 3.80. The van der Waals surface area contributed by atoms with Crippen molar-refractivity contribution in [3.8, 4) is 5.75 Å². The summed E-state index contributed by atoms with van der Waals surface area (Å²) in [5.74, 6) is -0.114. The van der Waals surface area contributed by atoms with Crippen LogP contribution in [0, 0.1) is 5.41 Å². The molecule has 0 amide bonds. The number of ketones is 1. The highest BCUT2D eigenvalue weighted by molar-refractivity contribution is 6.02. The Balaban J connectivity index is 3.07. The first kappa shape index (κ1) is 10.7. The number of aromatic hydroxyl groups is 1. The van der Waals surface area contributed by atoms with Crippen molar-refractivity contribution in [2.75, 3.05) is 6.54 Å². The molecule has 0 aliphatic rings. The minimum absolute atomic E-state index is 0.0130. The molecule has 0 bridgehead atoms. The number of phenols is 1. The Morgan fingerprint density at radius 1 is 1.43 bits per heavy atom. The van der Waals surface area contributed by atoms with Gasteiger partial charge in [-0.25, -0.2) is 0 Å². The molecular formula is C11H15NO2. The molecule has 0 atom stereocenters. The second-order valence-electron chi connectivity index (χ2n) is 3.93. The highest BCUT2D eigenvalue weighted by Crippen LogP contribution is 2.25. The van der Waals surface area contributed by atoms with Crippen LogP contribution in [0.3, 0.4) is 0 Å². The Kier molecular flexibility index (Phi) is 2.91. The number of carbonyl (C=O) groups excluding carboxylic acids is 1. The topological polar surface area (TPSA) is 63.3 Å². The first-order valence-electron chi connectivity index (χ1n) is 4.52. The van der Waals surface area contributed by atoms with Gasteiger partial charge in [0.2, 0.25) is 0 Å². The minimum Gasteiger partial charge on any atom is -0.507 e. The molecule has 1 aromatic carbocycles. The van der Waals surface area contributed by atoms with Gasteiger partial charge in [0.05, 0.1) is 5.56 Å². The van der Waals surface area contributed by atoms with Crippen LogP contribution in [0.15, 0.2) is 24.3 Å². The number of benzene rings is 1. The van der Waals surface area contributed by atoms with Crippen LogP contribution in [0.25, 0.3) is 0 Å². The summed E-state index contributed by atoms with van der Waals surface area (Å²) in [5.41, 5.74) is 5.20.